The molecule has 1 aromatic carbocycles. The van der Waals surface area contributed by atoms with Gasteiger partial charge < -0.3 is 4.74 Å². The van der Waals surface area contributed by atoms with Crippen molar-refractivity contribution in [2.75, 3.05) is 46.9 Å². The van der Waals surface area contributed by atoms with Crippen LogP contribution in [0, 0.1) is 0 Å². The first-order chi connectivity index (χ1) is 12.9. The number of nitrogens with zero attached hydrogens (tertiary/aromatic N) is 7. The largest absolute Gasteiger partial charge is 0.494 e. The van der Waals surface area contributed by atoms with Crippen LogP contribution in [0.3, 0.4) is 0 Å². The van der Waals surface area contributed by atoms with Crippen LogP contribution in [0.2, 0.25) is 0 Å². The number of benzene rings is 1. The predicted molar refractivity (Wildman–Crippen MR) is 99.8 cm³/mol. The topological polar surface area (TPSA) is 96.7 Å². The molecule has 0 saturated carbocycles. The van der Waals surface area contributed by atoms with Gasteiger partial charge in [-0.05, 0) is 41.6 Å². The van der Waals surface area contributed by atoms with Crippen molar-refractivity contribution in [2.24, 2.45) is 0 Å². The molecule has 148 valence electrons. The van der Waals surface area contributed by atoms with Gasteiger partial charge >= 0.3 is 0 Å². The van der Waals surface area contributed by atoms with Gasteiger partial charge in [0.05, 0.1) is 18.8 Å². The van der Waals surface area contributed by atoms with Crippen LogP contribution in [-0.4, -0.2) is 89.0 Å². The fourth-order valence-corrected chi connectivity index (χ4v) is 3.99. The lowest BCUT2D eigenvalue weighted by molar-refractivity contribution is 0.173. The van der Waals surface area contributed by atoms with E-state index in [-0.39, 0.29) is 0 Å². The number of tetrazole rings is 1. The van der Waals surface area contributed by atoms with Gasteiger partial charge in [-0.25, -0.2) is 0 Å². The van der Waals surface area contributed by atoms with Gasteiger partial charge in [0.1, 0.15) is 5.75 Å². The smallest absolute Gasteiger partial charge is 0.281 e. The Labute approximate surface area is 159 Å². The van der Waals surface area contributed by atoms with Crippen molar-refractivity contribution in [3.63, 3.8) is 0 Å². The highest BCUT2D eigenvalue weighted by Gasteiger charge is 2.29. The molecule has 1 aliphatic heterocycles. The van der Waals surface area contributed by atoms with E-state index in [1.54, 1.807) is 18.8 Å². The lowest BCUT2D eigenvalue weighted by Gasteiger charge is -2.34. The van der Waals surface area contributed by atoms with E-state index in [9.17, 15) is 8.42 Å². The summed E-state index contributed by atoms with van der Waals surface area (Å²) in [5.74, 6) is 1.51. The van der Waals surface area contributed by atoms with Gasteiger partial charge in [0.25, 0.3) is 10.2 Å². The average molecular weight is 395 g/mol. The van der Waals surface area contributed by atoms with Crippen LogP contribution >= 0.6 is 0 Å². The number of aromatic nitrogens is 4. The van der Waals surface area contributed by atoms with Crippen molar-refractivity contribution in [1.29, 1.82) is 0 Å². The van der Waals surface area contributed by atoms with E-state index in [0.29, 0.717) is 45.2 Å². The molecule has 0 unspecified atom stereocenters. The van der Waals surface area contributed by atoms with Crippen molar-refractivity contribution in [2.45, 2.75) is 13.5 Å². The maximum Gasteiger partial charge on any atom is 0.281 e. The van der Waals surface area contributed by atoms with Crippen LogP contribution in [-0.2, 0) is 16.8 Å². The molecule has 11 heteroatoms. The molecule has 0 N–H and O–H groups in total. The number of hydrogen-bond donors (Lipinski definition) is 0. The highest BCUT2D eigenvalue weighted by molar-refractivity contribution is 7.86. The van der Waals surface area contributed by atoms with E-state index in [1.165, 1.54) is 8.61 Å². The minimum atomic E-state index is -3.36. The Morgan fingerprint density at radius 1 is 1.11 bits per heavy atom. The summed E-state index contributed by atoms with van der Waals surface area (Å²) in [6.07, 6.45) is 0. The van der Waals surface area contributed by atoms with E-state index in [2.05, 4.69) is 20.4 Å². The molecule has 0 aliphatic carbocycles. The SMILES string of the molecule is CCOc1ccc(-n2nnnc2CN2CCN(S(=O)(=O)N(C)C)CC2)cc1. The molecule has 1 saturated heterocycles. The second kappa shape index (κ2) is 8.30. The van der Waals surface area contributed by atoms with E-state index in [0.717, 1.165) is 11.4 Å². The molecule has 0 amide bonds. The second-order valence-electron chi connectivity index (χ2n) is 6.40. The maximum absolute atomic E-state index is 12.2. The minimum Gasteiger partial charge on any atom is -0.494 e. The summed E-state index contributed by atoms with van der Waals surface area (Å²) >= 11 is 0. The summed E-state index contributed by atoms with van der Waals surface area (Å²) in [5, 5.41) is 12.0. The van der Waals surface area contributed by atoms with Crippen molar-refractivity contribution in [3.8, 4) is 11.4 Å². The van der Waals surface area contributed by atoms with E-state index >= 15 is 0 Å². The van der Waals surface area contributed by atoms with Crippen LogP contribution in [0.1, 0.15) is 12.7 Å². The average Bonchev–Trinajstić information content (AvgIpc) is 3.11. The Morgan fingerprint density at radius 3 is 2.37 bits per heavy atom. The zero-order valence-corrected chi connectivity index (χ0v) is 16.6. The lowest BCUT2D eigenvalue weighted by Crippen LogP contribution is -2.51. The molecule has 27 heavy (non-hydrogen) atoms. The summed E-state index contributed by atoms with van der Waals surface area (Å²) in [6.45, 7) is 5.26. The number of rotatable bonds is 7. The molecule has 0 radical (unpaired) electrons. The Balaban J connectivity index is 1.64. The summed E-state index contributed by atoms with van der Waals surface area (Å²) in [7, 11) is -0.266. The molecule has 1 fully saturated rings. The van der Waals surface area contributed by atoms with E-state index in [1.807, 2.05) is 31.2 Å². The summed E-state index contributed by atoms with van der Waals surface area (Å²) in [4.78, 5) is 2.15. The van der Waals surface area contributed by atoms with Gasteiger partial charge in [0.15, 0.2) is 5.82 Å². The predicted octanol–water partition coefficient (Wildman–Crippen LogP) is -0.0150. The van der Waals surface area contributed by atoms with E-state index in [4.69, 9.17) is 4.74 Å². The van der Waals surface area contributed by atoms with Gasteiger partial charge in [-0.2, -0.15) is 21.7 Å². The molecule has 0 spiro atoms. The zero-order chi connectivity index (χ0) is 19.4. The zero-order valence-electron chi connectivity index (χ0n) is 15.8. The molecule has 0 bridgehead atoms. The first kappa shape index (κ1) is 19.7. The summed E-state index contributed by atoms with van der Waals surface area (Å²) < 4.78 is 34.3. The number of ether oxygens (including phenoxy) is 1. The van der Waals surface area contributed by atoms with Crippen LogP contribution in [0.25, 0.3) is 5.69 Å². The molecular weight excluding hydrogens is 370 g/mol. The van der Waals surface area contributed by atoms with Gasteiger partial charge in [-0.15, -0.1) is 5.10 Å². The standard InChI is InChI=1S/C16H25N7O3S/c1-4-26-15-7-5-14(6-8-15)23-16(17-18-19-23)13-21-9-11-22(12-10-21)27(24,25)20(2)3/h5-8H,4,9-13H2,1-3H3. The van der Waals surface area contributed by atoms with Gasteiger partial charge in [-0.3, -0.25) is 4.90 Å². The minimum absolute atomic E-state index is 0.450. The third kappa shape index (κ3) is 4.43. The Bertz CT molecular complexity index is 843. The highest BCUT2D eigenvalue weighted by Crippen LogP contribution is 2.17. The first-order valence-corrected chi connectivity index (χ1v) is 10.2. The Kier molecular flexibility index (Phi) is 6.05. The Morgan fingerprint density at radius 2 is 1.78 bits per heavy atom. The fourth-order valence-electron chi connectivity index (χ4n) is 2.90. The fraction of sp³-hybridized carbons (Fsp3) is 0.562. The number of piperazine rings is 1. The Hall–Kier alpha value is -2.08. The van der Waals surface area contributed by atoms with Crippen LogP contribution < -0.4 is 4.74 Å². The summed E-state index contributed by atoms with van der Waals surface area (Å²) in [6, 6.07) is 7.59. The van der Waals surface area contributed by atoms with E-state index < -0.39 is 10.2 Å². The van der Waals surface area contributed by atoms with Crippen molar-refractivity contribution < 1.29 is 13.2 Å². The molecule has 1 aromatic heterocycles. The normalized spacial score (nSPS) is 16.7. The van der Waals surface area contributed by atoms with Crippen LogP contribution in [0.15, 0.2) is 24.3 Å². The van der Waals surface area contributed by atoms with Gasteiger partial charge in [-0.1, -0.05) is 0 Å². The van der Waals surface area contributed by atoms with Crippen molar-refractivity contribution in [3.05, 3.63) is 30.1 Å². The van der Waals surface area contributed by atoms with Crippen molar-refractivity contribution >= 4 is 10.2 Å². The molecule has 3 rings (SSSR count). The molecule has 2 aromatic rings. The monoisotopic (exact) mass is 395 g/mol. The second-order valence-corrected chi connectivity index (χ2v) is 8.54. The quantitative estimate of drug-likeness (QED) is 0.650. The highest BCUT2D eigenvalue weighted by atomic mass is 32.2. The van der Waals surface area contributed by atoms with Gasteiger partial charge in [0.2, 0.25) is 0 Å². The number of hydrogen-bond acceptors (Lipinski definition) is 7. The third-order valence-electron chi connectivity index (χ3n) is 4.41. The lowest BCUT2D eigenvalue weighted by atomic mass is 10.3. The first-order valence-electron chi connectivity index (χ1n) is 8.82. The molecule has 1 aliphatic rings. The van der Waals surface area contributed by atoms with Crippen molar-refractivity contribution in [1.82, 2.24) is 33.7 Å². The maximum atomic E-state index is 12.2. The molecular formula is C16H25N7O3S. The van der Waals surface area contributed by atoms with Crippen LogP contribution in [0.5, 0.6) is 5.75 Å². The van der Waals surface area contributed by atoms with Crippen LogP contribution in [0.4, 0.5) is 0 Å². The third-order valence-corrected chi connectivity index (χ3v) is 6.35. The molecule has 2 heterocycles. The molecule has 10 nitrogen and oxygen atoms in total. The van der Waals surface area contributed by atoms with Gasteiger partial charge in [0, 0.05) is 40.3 Å². The summed E-state index contributed by atoms with van der Waals surface area (Å²) in [5.41, 5.74) is 0.854. The molecule has 0 atom stereocenters.